The molecular formula is C73H49N3. The normalized spacial score (nSPS) is 12.6. The minimum Gasteiger partial charge on any atom is -0.310 e. The van der Waals surface area contributed by atoms with Gasteiger partial charge in [-0.25, -0.2) is 0 Å². The molecule has 0 radical (unpaired) electrons. The zero-order valence-electron chi connectivity index (χ0n) is 41.6. The lowest BCUT2D eigenvalue weighted by Gasteiger charge is -2.35. The van der Waals surface area contributed by atoms with Crippen molar-refractivity contribution in [2.75, 3.05) is 4.90 Å². The molecule has 0 fully saturated rings. The number of aromatic nitrogens is 2. The van der Waals surface area contributed by atoms with E-state index in [1.807, 2.05) is 0 Å². The highest BCUT2D eigenvalue weighted by atomic mass is 15.2. The van der Waals surface area contributed by atoms with E-state index < -0.39 is 5.41 Å². The highest BCUT2D eigenvalue weighted by molar-refractivity contribution is 6.17. The molecule has 2 heterocycles. The van der Waals surface area contributed by atoms with Gasteiger partial charge in [0.25, 0.3) is 0 Å². The van der Waals surface area contributed by atoms with Gasteiger partial charge in [0, 0.05) is 38.5 Å². The van der Waals surface area contributed by atoms with Crippen LogP contribution in [0.3, 0.4) is 0 Å². The van der Waals surface area contributed by atoms with Crippen LogP contribution in [0.4, 0.5) is 17.1 Å². The molecule has 0 amide bonds. The number of hydrogen-bond acceptors (Lipinski definition) is 1. The number of para-hydroxylation sites is 4. The van der Waals surface area contributed by atoms with Gasteiger partial charge in [0.2, 0.25) is 0 Å². The Morgan fingerprint density at radius 2 is 0.803 bits per heavy atom. The molecular weight excluding hydrogens is 919 g/mol. The van der Waals surface area contributed by atoms with Crippen LogP contribution in [0.2, 0.25) is 0 Å². The molecule has 0 atom stereocenters. The number of fused-ring (bicyclic) bond motifs is 9. The first-order valence-corrected chi connectivity index (χ1v) is 26.3. The number of benzene rings is 12. The minimum absolute atomic E-state index is 0.604. The topological polar surface area (TPSA) is 13.1 Å². The van der Waals surface area contributed by atoms with E-state index in [2.05, 4.69) is 311 Å². The van der Waals surface area contributed by atoms with Gasteiger partial charge in [-0.3, -0.25) is 0 Å². The molecule has 0 aliphatic heterocycles. The summed E-state index contributed by atoms with van der Waals surface area (Å²) in [7, 11) is 0. The third-order valence-corrected chi connectivity index (χ3v) is 16.0. The molecule has 0 saturated heterocycles. The summed E-state index contributed by atoms with van der Waals surface area (Å²) in [6, 6.07) is 110. The largest absolute Gasteiger partial charge is 0.310 e. The number of nitrogens with zero attached hydrogens (tertiary/aromatic N) is 3. The Morgan fingerprint density at radius 3 is 1.45 bits per heavy atom. The predicted molar refractivity (Wildman–Crippen MR) is 318 cm³/mol. The van der Waals surface area contributed by atoms with Crippen LogP contribution in [0.15, 0.2) is 297 Å². The van der Waals surface area contributed by atoms with E-state index in [-0.39, 0.29) is 0 Å². The molecule has 0 spiro atoms. The lowest BCUT2D eigenvalue weighted by Crippen LogP contribution is -2.28. The molecule has 1 aliphatic rings. The average molecular weight is 968 g/mol. The molecule has 0 bridgehead atoms. The summed E-state index contributed by atoms with van der Waals surface area (Å²) in [5.74, 6) is 0. The maximum atomic E-state index is 2.55. The molecule has 15 rings (SSSR count). The van der Waals surface area contributed by atoms with E-state index in [1.165, 1.54) is 60.5 Å². The van der Waals surface area contributed by atoms with Crippen LogP contribution >= 0.6 is 0 Å². The molecule has 14 aromatic rings. The lowest BCUT2D eigenvalue weighted by molar-refractivity contribution is 0.768. The molecule has 12 aromatic carbocycles. The fraction of sp³-hybridized carbons (Fsp3) is 0.0137. The van der Waals surface area contributed by atoms with Gasteiger partial charge in [-0.1, -0.05) is 231 Å². The van der Waals surface area contributed by atoms with Crippen molar-refractivity contribution in [3.05, 3.63) is 320 Å². The fourth-order valence-electron chi connectivity index (χ4n) is 12.8. The average Bonchev–Trinajstić information content (AvgIpc) is 4.16. The van der Waals surface area contributed by atoms with Gasteiger partial charge in [0.05, 0.1) is 44.5 Å². The Morgan fingerprint density at radius 1 is 0.289 bits per heavy atom. The molecule has 356 valence electrons. The van der Waals surface area contributed by atoms with Crippen LogP contribution in [0, 0.1) is 0 Å². The first kappa shape index (κ1) is 43.6. The highest BCUT2D eigenvalue weighted by Gasteiger charge is 2.46. The van der Waals surface area contributed by atoms with Crippen molar-refractivity contribution in [3.8, 4) is 44.8 Å². The molecule has 76 heavy (non-hydrogen) atoms. The van der Waals surface area contributed by atoms with Gasteiger partial charge in [0.15, 0.2) is 0 Å². The van der Waals surface area contributed by atoms with Crippen LogP contribution in [0.5, 0.6) is 0 Å². The monoisotopic (exact) mass is 967 g/mol. The van der Waals surface area contributed by atoms with Crippen LogP contribution in [0.1, 0.15) is 22.3 Å². The maximum absolute atomic E-state index is 2.55. The second-order valence-electron chi connectivity index (χ2n) is 20.0. The van der Waals surface area contributed by atoms with Gasteiger partial charge in [-0.15, -0.1) is 0 Å². The zero-order valence-corrected chi connectivity index (χ0v) is 41.6. The summed E-state index contributed by atoms with van der Waals surface area (Å²) < 4.78 is 4.98. The zero-order chi connectivity index (χ0) is 50.2. The minimum atomic E-state index is -0.604. The van der Waals surface area contributed by atoms with Crippen molar-refractivity contribution in [1.29, 1.82) is 0 Å². The molecule has 0 saturated carbocycles. The van der Waals surface area contributed by atoms with E-state index in [1.54, 1.807) is 0 Å². The standard InChI is InChI=1S/C73H49N3/c1-6-24-50(25-7-1)52-42-45-69(63(46-52)51-26-8-2-9-27-51)74(56-43-44-59-58-34-16-20-38-64(58)73(65(59)47-56,53-28-10-3-11-29-53)54-30-12-4-13-31-54)57-48-70-72(62-37-19-23-41-68(62)75(70)55-32-14-5-15-33-55)71(49-57)76-66-39-21-17-35-60(66)61-36-18-22-40-67(61)76/h1-49H. The third kappa shape index (κ3) is 6.62. The van der Waals surface area contributed by atoms with Crippen LogP contribution in [-0.2, 0) is 5.41 Å². The summed E-state index contributed by atoms with van der Waals surface area (Å²) >= 11 is 0. The molecule has 0 N–H and O–H groups in total. The predicted octanol–water partition coefficient (Wildman–Crippen LogP) is 19.0. The summed E-state index contributed by atoms with van der Waals surface area (Å²) in [6.07, 6.45) is 0. The van der Waals surface area contributed by atoms with E-state index in [0.717, 1.165) is 67.2 Å². The molecule has 0 unspecified atom stereocenters. The second-order valence-corrected chi connectivity index (χ2v) is 20.0. The van der Waals surface area contributed by atoms with Gasteiger partial charge >= 0.3 is 0 Å². The number of rotatable bonds is 9. The van der Waals surface area contributed by atoms with E-state index in [4.69, 9.17) is 0 Å². The maximum Gasteiger partial charge on any atom is 0.0714 e. The number of hydrogen-bond donors (Lipinski definition) is 0. The number of anilines is 3. The van der Waals surface area contributed by atoms with Crippen LogP contribution in [-0.4, -0.2) is 9.13 Å². The van der Waals surface area contributed by atoms with Crippen molar-refractivity contribution < 1.29 is 0 Å². The highest BCUT2D eigenvalue weighted by Crippen LogP contribution is 2.58. The SMILES string of the molecule is c1ccc(-c2ccc(N(c3ccc4c(c3)C(c3ccccc3)(c3ccccc3)c3ccccc3-4)c3cc(-n4c5ccccc5c5ccccc54)c4c5ccccc5n(-c5ccccc5)c4c3)c(-c3ccccc3)c2)cc1. The summed E-state index contributed by atoms with van der Waals surface area (Å²) in [6.45, 7) is 0. The molecule has 2 aromatic heterocycles. The van der Waals surface area contributed by atoms with Crippen molar-refractivity contribution in [2.45, 2.75) is 5.41 Å². The van der Waals surface area contributed by atoms with E-state index >= 15 is 0 Å². The Bertz CT molecular complexity index is 4400. The van der Waals surface area contributed by atoms with Crippen molar-refractivity contribution >= 4 is 60.7 Å². The molecule has 1 aliphatic carbocycles. The van der Waals surface area contributed by atoms with Crippen molar-refractivity contribution in [1.82, 2.24) is 9.13 Å². The lowest BCUT2D eigenvalue weighted by atomic mass is 9.67. The van der Waals surface area contributed by atoms with E-state index in [9.17, 15) is 0 Å². The van der Waals surface area contributed by atoms with Gasteiger partial charge in [-0.2, -0.15) is 0 Å². The smallest absolute Gasteiger partial charge is 0.0714 e. The van der Waals surface area contributed by atoms with Gasteiger partial charge in [0.1, 0.15) is 0 Å². The Labute approximate surface area is 442 Å². The Balaban J connectivity index is 1.11. The Kier molecular flexibility index (Phi) is 10.1. The quantitative estimate of drug-likeness (QED) is 0.140. The first-order chi connectivity index (χ1) is 37.7. The summed E-state index contributed by atoms with van der Waals surface area (Å²) in [5, 5.41) is 4.83. The molecule has 3 heteroatoms. The molecule has 3 nitrogen and oxygen atoms in total. The fourth-order valence-corrected chi connectivity index (χ4v) is 12.8. The summed E-state index contributed by atoms with van der Waals surface area (Å²) in [4.78, 5) is 2.55. The van der Waals surface area contributed by atoms with Crippen LogP contribution in [0.25, 0.3) is 88.4 Å². The van der Waals surface area contributed by atoms with E-state index in [0.29, 0.717) is 0 Å². The van der Waals surface area contributed by atoms with Gasteiger partial charge in [-0.05, 0) is 117 Å². The first-order valence-electron chi connectivity index (χ1n) is 26.3. The summed E-state index contributed by atoms with van der Waals surface area (Å²) in [5.41, 5.74) is 21.4. The van der Waals surface area contributed by atoms with Gasteiger partial charge < -0.3 is 14.0 Å². The second kappa shape index (κ2) is 17.6. The Hall–Kier alpha value is -9.96. The third-order valence-electron chi connectivity index (χ3n) is 16.0. The van der Waals surface area contributed by atoms with Crippen molar-refractivity contribution in [3.63, 3.8) is 0 Å². The van der Waals surface area contributed by atoms with Crippen molar-refractivity contribution in [2.24, 2.45) is 0 Å². The van der Waals surface area contributed by atoms with Crippen LogP contribution < -0.4 is 4.90 Å².